The molecule has 0 heterocycles. The van der Waals surface area contributed by atoms with Crippen molar-refractivity contribution in [1.29, 1.82) is 0 Å². The van der Waals surface area contributed by atoms with Gasteiger partial charge in [0, 0.05) is 20.1 Å². The maximum absolute atomic E-state index is 0. The fourth-order valence-corrected chi connectivity index (χ4v) is 0. The molecule has 5 heteroatoms. The van der Waals surface area contributed by atoms with Crippen LogP contribution in [-0.4, -0.2) is 0 Å². The monoisotopic (exact) mass is 337 g/mol. The fraction of sp³-hybridized carbons (Fsp3) is 0. The molecule has 5 heavy (non-hydrogen) atoms. The molecule has 0 aliphatic carbocycles. The predicted octanol–water partition coefficient (Wildman–Crippen LogP) is 1.68. The SMILES string of the molecule is Cl.Cl.Cl.Cl.[Ir]. The molecule has 0 aliphatic rings. The van der Waals surface area contributed by atoms with Gasteiger partial charge in [-0.05, 0) is 0 Å². The van der Waals surface area contributed by atoms with Crippen molar-refractivity contribution in [3.8, 4) is 0 Å². The zero-order chi connectivity index (χ0) is 0. The second-order valence-electron chi connectivity index (χ2n) is 0. The van der Waals surface area contributed by atoms with E-state index in [1.165, 1.54) is 0 Å². The summed E-state index contributed by atoms with van der Waals surface area (Å²) in [6, 6.07) is 0. The van der Waals surface area contributed by atoms with Gasteiger partial charge in [0.1, 0.15) is 0 Å². The van der Waals surface area contributed by atoms with Crippen LogP contribution in [0.1, 0.15) is 0 Å². The molecule has 0 aromatic carbocycles. The summed E-state index contributed by atoms with van der Waals surface area (Å²) in [4.78, 5) is 0. The minimum absolute atomic E-state index is 0. The van der Waals surface area contributed by atoms with Crippen molar-refractivity contribution in [1.82, 2.24) is 0 Å². The van der Waals surface area contributed by atoms with E-state index in [1.807, 2.05) is 0 Å². The van der Waals surface area contributed by atoms with Crippen LogP contribution in [0, 0.1) is 0 Å². The van der Waals surface area contributed by atoms with Gasteiger partial charge >= 0.3 is 0 Å². The third-order valence-corrected chi connectivity index (χ3v) is 0. The molecule has 0 bridgehead atoms. The summed E-state index contributed by atoms with van der Waals surface area (Å²) in [6.45, 7) is 0. The zero-order valence-corrected chi connectivity index (χ0v) is 7.63. The van der Waals surface area contributed by atoms with E-state index < -0.39 is 0 Å². The largest absolute Gasteiger partial charge is 0.147 e. The molecular weight excluding hydrogens is 334 g/mol. The van der Waals surface area contributed by atoms with Crippen LogP contribution in [-0.2, 0) is 20.1 Å². The fourth-order valence-electron chi connectivity index (χ4n) is 0. The van der Waals surface area contributed by atoms with Crippen LogP contribution in [0.2, 0.25) is 0 Å². The second-order valence-corrected chi connectivity index (χ2v) is 0. The van der Waals surface area contributed by atoms with Crippen molar-refractivity contribution >= 4 is 49.6 Å². The van der Waals surface area contributed by atoms with Gasteiger partial charge in [0.05, 0.1) is 0 Å². The van der Waals surface area contributed by atoms with Crippen molar-refractivity contribution in [2.24, 2.45) is 0 Å². The first-order chi connectivity index (χ1) is 0. The van der Waals surface area contributed by atoms with Crippen LogP contribution in [0.4, 0.5) is 0 Å². The summed E-state index contributed by atoms with van der Waals surface area (Å²) < 4.78 is 0. The number of hydrogen-bond donors (Lipinski definition) is 0. The molecule has 0 spiro atoms. The molecule has 0 rings (SSSR count). The van der Waals surface area contributed by atoms with E-state index in [9.17, 15) is 0 Å². The topological polar surface area (TPSA) is 0 Å². The minimum Gasteiger partial charge on any atom is -0.147 e. The number of hydrogen-bond acceptors (Lipinski definition) is 0. The summed E-state index contributed by atoms with van der Waals surface area (Å²) in [5, 5.41) is 0. The van der Waals surface area contributed by atoms with E-state index in [0.717, 1.165) is 0 Å². The van der Waals surface area contributed by atoms with E-state index in [4.69, 9.17) is 0 Å². The molecule has 0 unspecified atom stereocenters. The van der Waals surface area contributed by atoms with Crippen LogP contribution in [0.25, 0.3) is 0 Å². The Bertz CT molecular complexity index is 3.61. The van der Waals surface area contributed by atoms with Crippen molar-refractivity contribution in [3.63, 3.8) is 0 Å². The van der Waals surface area contributed by atoms with Crippen LogP contribution < -0.4 is 0 Å². The Hall–Kier alpha value is 1.81. The Labute approximate surface area is 69.5 Å². The second kappa shape index (κ2) is 41.0. The molecule has 0 nitrogen and oxygen atoms in total. The van der Waals surface area contributed by atoms with Gasteiger partial charge in [0.25, 0.3) is 0 Å². The third kappa shape index (κ3) is 25.8. The molecule has 0 aromatic heterocycles. The van der Waals surface area contributed by atoms with Gasteiger partial charge in [-0.1, -0.05) is 0 Å². The first-order valence-electron chi connectivity index (χ1n) is 0. The minimum atomic E-state index is 0. The van der Waals surface area contributed by atoms with Gasteiger partial charge in [-0.25, -0.2) is 0 Å². The Morgan fingerprint density at radius 3 is 0.400 bits per heavy atom. The van der Waals surface area contributed by atoms with Gasteiger partial charge in [-0.15, -0.1) is 49.6 Å². The molecule has 0 saturated heterocycles. The van der Waals surface area contributed by atoms with Gasteiger partial charge in [0.15, 0.2) is 0 Å². The Morgan fingerprint density at radius 1 is 0.400 bits per heavy atom. The molecule has 0 atom stereocenters. The Kier molecular flexibility index (Phi) is 576. The normalized spacial score (nSPS) is 0. The summed E-state index contributed by atoms with van der Waals surface area (Å²) in [5.74, 6) is 0. The van der Waals surface area contributed by atoms with Gasteiger partial charge in [0.2, 0.25) is 0 Å². The summed E-state index contributed by atoms with van der Waals surface area (Å²) >= 11 is 0. The van der Waals surface area contributed by atoms with Gasteiger partial charge in [-0.3, -0.25) is 0 Å². The van der Waals surface area contributed by atoms with E-state index in [2.05, 4.69) is 0 Å². The van der Waals surface area contributed by atoms with Crippen LogP contribution in [0.3, 0.4) is 0 Å². The van der Waals surface area contributed by atoms with Crippen LogP contribution >= 0.6 is 49.6 Å². The maximum Gasteiger partial charge on any atom is 0 e. The Morgan fingerprint density at radius 2 is 0.400 bits per heavy atom. The third-order valence-electron chi connectivity index (χ3n) is 0. The maximum atomic E-state index is 0. The first-order valence-corrected chi connectivity index (χ1v) is 0. The van der Waals surface area contributed by atoms with Crippen LogP contribution in [0.5, 0.6) is 0 Å². The smallest absolute Gasteiger partial charge is 0 e. The molecule has 0 aliphatic heterocycles. The molecule has 0 aromatic rings. The van der Waals surface area contributed by atoms with E-state index in [1.54, 1.807) is 0 Å². The summed E-state index contributed by atoms with van der Waals surface area (Å²) in [5.41, 5.74) is 0. The zero-order valence-electron chi connectivity index (χ0n) is 1.97. The van der Waals surface area contributed by atoms with Crippen LogP contribution in [0.15, 0.2) is 0 Å². The van der Waals surface area contributed by atoms with Gasteiger partial charge < -0.3 is 0 Å². The number of halogens is 4. The molecule has 0 saturated carbocycles. The first kappa shape index (κ1) is 70.2. The molecular formula is H4Cl4Ir. The summed E-state index contributed by atoms with van der Waals surface area (Å²) in [6.07, 6.45) is 0. The quantitative estimate of drug-likeness (QED) is 0.631. The van der Waals surface area contributed by atoms with Crippen molar-refractivity contribution in [2.75, 3.05) is 0 Å². The average Bonchev–Trinajstić information content (AvgIpc) is 0. The van der Waals surface area contributed by atoms with Crippen molar-refractivity contribution < 1.29 is 20.1 Å². The van der Waals surface area contributed by atoms with Crippen molar-refractivity contribution in [2.45, 2.75) is 0 Å². The Balaban J connectivity index is 0. The molecule has 0 amide bonds. The average molecular weight is 338 g/mol. The van der Waals surface area contributed by atoms with E-state index >= 15 is 0 Å². The molecule has 41 valence electrons. The molecule has 0 fully saturated rings. The molecule has 0 N–H and O–H groups in total. The number of rotatable bonds is 0. The van der Waals surface area contributed by atoms with Crippen molar-refractivity contribution in [3.05, 3.63) is 0 Å². The van der Waals surface area contributed by atoms with E-state index in [-0.39, 0.29) is 69.7 Å². The van der Waals surface area contributed by atoms with Gasteiger partial charge in [-0.2, -0.15) is 0 Å². The predicted molar refractivity (Wildman–Crippen MR) is 29.0 cm³/mol. The van der Waals surface area contributed by atoms with E-state index in [0.29, 0.717) is 0 Å². The summed E-state index contributed by atoms with van der Waals surface area (Å²) in [7, 11) is 0. The standard InChI is InChI=1S/4ClH.Ir/h4*1H;. The molecule has 1 radical (unpaired) electrons.